The number of terminal acetylenes is 1. The summed E-state index contributed by atoms with van der Waals surface area (Å²) in [7, 11) is 0. The van der Waals surface area contributed by atoms with Crippen molar-refractivity contribution in [1.82, 2.24) is 25.3 Å². The van der Waals surface area contributed by atoms with E-state index in [4.69, 9.17) is 6.42 Å². The maximum Gasteiger partial charge on any atom is 0.252 e. The Morgan fingerprint density at radius 3 is 2.91 bits per heavy atom. The van der Waals surface area contributed by atoms with Gasteiger partial charge in [0.15, 0.2) is 5.66 Å². The molecule has 0 spiro atoms. The van der Waals surface area contributed by atoms with Gasteiger partial charge in [-0.3, -0.25) is 9.78 Å². The van der Waals surface area contributed by atoms with E-state index in [1.807, 2.05) is 0 Å². The van der Waals surface area contributed by atoms with Gasteiger partial charge in [0.05, 0.1) is 29.8 Å². The van der Waals surface area contributed by atoms with Crippen LogP contribution in [-0.2, 0) is 0 Å². The standard InChI is InChI=1S/C15H15N7O/c1-2-3-4-15(19-20-15)5-6-17-14(23)12-9-13(11-16-10-12)22-8-7-18-21-22/h1,7-11H,3-6H2,(H,17,23). The molecule has 3 rings (SSSR count). The third kappa shape index (κ3) is 3.58. The van der Waals surface area contributed by atoms with E-state index in [-0.39, 0.29) is 11.6 Å². The van der Waals surface area contributed by atoms with Gasteiger partial charge in [0.2, 0.25) is 0 Å². The number of hydrogen-bond acceptors (Lipinski definition) is 6. The Hall–Kier alpha value is -3.08. The molecule has 8 nitrogen and oxygen atoms in total. The van der Waals surface area contributed by atoms with Gasteiger partial charge in [-0.15, -0.1) is 17.4 Å². The average molecular weight is 309 g/mol. The molecule has 3 heterocycles. The number of amides is 1. The van der Waals surface area contributed by atoms with Gasteiger partial charge in [0.25, 0.3) is 5.91 Å². The predicted molar refractivity (Wildman–Crippen MR) is 81.8 cm³/mol. The van der Waals surface area contributed by atoms with Crippen molar-refractivity contribution in [3.8, 4) is 18.0 Å². The second-order valence-electron chi connectivity index (χ2n) is 5.17. The molecule has 1 N–H and O–H groups in total. The lowest BCUT2D eigenvalue weighted by Crippen LogP contribution is -2.28. The lowest BCUT2D eigenvalue weighted by molar-refractivity contribution is 0.0951. The van der Waals surface area contributed by atoms with Crippen molar-refractivity contribution in [2.24, 2.45) is 10.2 Å². The number of carbonyl (C=O) groups is 1. The van der Waals surface area contributed by atoms with Crippen LogP contribution >= 0.6 is 0 Å². The van der Waals surface area contributed by atoms with E-state index in [0.29, 0.717) is 30.6 Å². The summed E-state index contributed by atoms with van der Waals surface area (Å²) in [5.74, 6) is 2.38. The summed E-state index contributed by atoms with van der Waals surface area (Å²) >= 11 is 0. The molecule has 0 unspecified atom stereocenters. The summed E-state index contributed by atoms with van der Waals surface area (Å²) in [6.07, 6.45) is 13.6. The molecule has 0 radical (unpaired) electrons. The third-order valence-electron chi connectivity index (χ3n) is 3.54. The Balaban J connectivity index is 1.55. The van der Waals surface area contributed by atoms with Crippen LogP contribution in [-0.4, -0.2) is 38.1 Å². The molecule has 0 atom stereocenters. The molecule has 0 bridgehead atoms. The van der Waals surface area contributed by atoms with Crippen molar-refractivity contribution in [1.29, 1.82) is 0 Å². The smallest absolute Gasteiger partial charge is 0.252 e. The monoisotopic (exact) mass is 309 g/mol. The predicted octanol–water partition coefficient (Wildman–Crippen LogP) is 1.36. The van der Waals surface area contributed by atoms with Crippen LogP contribution in [0.4, 0.5) is 0 Å². The highest BCUT2D eigenvalue weighted by Gasteiger charge is 2.38. The Morgan fingerprint density at radius 1 is 1.35 bits per heavy atom. The van der Waals surface area contributed by atoms with Gasteiger partial charge in [-0.25, -0.2) is 4.68 Å². The van der Waals surface area contributed by atoms with Crippen LogP contribution in [0.25, 0.3) is 5.69 Å². The average Bonchev–Trinajstić information content (AvgIpc) is 3.12. The number of carbonyl (C=O) groups excluding carboxylic acids is 1. The third-order valence-corrected chi connectivity index (χ3v) is 3.54. The van der Waals surface area contributed by atoms with Gasteiger partial charge in [0, 0.05) is 32.0 Å². The molecular weight excluding hydrogens is 294 g/mol. The minimum atomic E-state index is -0.388. The van der Waals surface area contributed by atoms with Gasteiger partial charge in [-0.1, -0.05) is 5.21 Å². The summed E-state index contributed by atoms with van der Waals surface area (Å²) < 4.78 is 1.54. The van der Waals surface area contributed by atoms with Crippen molar-refractivity contribution in [2.45, 2.75) is 24.9 Å². The van der Waals surface area contributed by atoms with E-state index in [0.717, 1.165) is 6.42 Å². The maximum absolute atomic E-state index is 12.2. The minimum Gasteiger partial charge on any atom is -0.352 e. The lowest BCUT2D eigenvalue weighted by atomic mass is 10.0. The first-order valence-electron chi connectivity index (χ1n) is 7.20. The highest BCUT2D eigenvalue weighted by atomic mass is 16.1. The number of nitrogens with one attached hydrogen (secondary N) is 1. The fourth-order valence-corrected chi connectivity index (χ4v) is 2.17. The van der Waals surface area contributed by atoms with Crippen LogP contribution in [0.15, 0.2) is 41.1 Å². The molecule has 23 heavy (non-hydrogen) atoms. The summed E-state index contributed by atoms with van der Waals surface area (Å²) in [5, 5.41) is 18.5. The zero-order chi connectivity index (χ0) is 16.1. The molecule has 0 saturated heterocycles. The van der Waals surface area contributed by atoms with Crippen LogP contribution in [0.2, 0.25) is 0 Å². The van der Waals surface area contributed by atoms with E-state index < -0.39 is 0 Å². The molecule has 1 aliphatic rings. The van der Waals surface area contributed by atoms with E-state index in [1.54, 1.807) is 29.3 Å². The number of rotatable bonds is 7. The van der Waals surface area contributed by atoms with Gasteiger partial charge < -0.3 is 5.32 Å². The van der Waals surface area contributed by atoms with Crippen molar-refractivity contribution in [3.05, 3.63) is 36.4 Å². The summed E-state index contributed by atoms with van der Waals surface area (Å²) in [5.41, 5.74) is 0.744. The second kappa shape index (κ2) is 6.36. The molecule has 1 aliphatic heterocycles. The second-order valence-corrected chi connectivity index (χ2v) is 5.17. The molecule has 0 fully saturated rings. The fraction of sp³-hybridized carbons (Fsp3) is 0.333. The number of aromatic nitrogens is 4. The SMILES string of the molecule is C#CCCC1(CCNC(=O)c2cncc(-n3ccnn3)c2)N=N1. The number of hydrogen-bond donors (Lipinski definition) is 1. The molecule has 1 amide bonds. The van der Waals surface area contributed by atoms with Gasteiger partial charge in [-0.05, 0) is 6.07 Å². The van der Waals surface area contributed by atoms with Gasteiger partial charge >= 0.3 is 0 Å². The van der Waals surface area contributed by atoms with Gasteiger partial charge in [-0.2, -0.15) is 10.2 Å². The first-order chi connectivity index (χ1) is 11.2. The summed E-state index contributed by atoms with van der Waals surface area (Å²) in [4.78, 5) is 16.3. The van der Waals surface area contributed by atoms with E-state index in [9.17, 15) is 4.79 Å². The zero-order valence-corrected chi connectivity index (χ0v) is 12.4. The summed E-state index contributed by atoms with van der Waals surface area (Å²) in [6.45, 7) is 0.476. The van der Waals surface area contributed by atoms with Crippen LogP contribution in [0.3, 0.4) is 0 Å². The van der Waals surface area contributed by atoms with Crippen LogP contribution in [0.5, 0.6) is 0 Å². The van der Waals surface area contributed by atoms with Crippen molar-refractivity contribution in [3.63, 3.8) is 0 Å². The lowest BCUT2D eigenvalue weighted by Gasteiger charge is -2.10. The molecule has 2 aromatic rings. The summed E-state index contributed by atoms with van der Waals surface area (Å²) in [6, 6.07) is 1.71. The maximum atomic E-state index is 12.2. The van der Waals surface area contributed by atoms with E-state index in [1.165, 1.54) is 6.20 Å². The minimum absolute atomic E-state index is 0.202. The molecule has 0 saturated carbocycles. The highest BCUT2D eigenvalue weighted by Crippen LogP contribution is 2.36. The van der Waals surface area contributed by atoms with Crippen LogP contribution < -0.4 is 5.32 Å². The molecule has 8 heteroatoms. The van der Waals surface area contributed by atoms with Crippen molar-refractivity contribution < 1.29 is 4.79 Å². The largest absolute Gasteiger partial charge is 0.352 e. The van der Waals surface area contributed by atoms with Crippen molar-refractivity contribution in [2.75, 3.05) is 6.54 Å². The Bertz CT molecular complexity index is 754. The molecule has 0 aliphatic carbocycles. The number of pyridine rings is 1. The van der Waals surface area contributed by atoms with Gasteiger partial charge in [0.1, 0.15) is 0 Å². The molecular formula is C15H15N7O. The highest BCUT2D eigenvalue weighted by molar-refractivity contribution is 5.94. The van der Waals surface area contributed by atoms with Crippen LogP contribution in [0, 0.1) is 12.3 Å². The number of nitrogens with zero attached hydrogens (tertiary/aromatic N) is 6. The first-order valence-corrected chi connectivity index (χ1v) is 7.20. The Labute approximate surface area is 133 Å². The van der Waals surface area contributed by atoms with Crippen LogP contribution in [0.1, 0.15) is 29.6 Å². The van der Waals surface area contributed by atoms with E-state index >= 15 is 0 Å². The zero-order valence-electron chi connectivity index (χ0n) is 12.4. The van der Waals surface area contributed by atoms with E-state index in [2.05, 4.69) is 36.8 Å². The topological polar surface area (TPSA) is 97.4 Å². The van der Waals surface area contributed by atoms with Crippen molar-refractivity contribution >= 4 is 5.91 Å². The normalized spacial score (nSPS) is 14.2. The quantitative estimate of drug-likeness (QED) is 0.781. The fourth-order valence-electron chi connectivity index (χ4n) is 2.17. The Kier molecular flexibility index (Phi) is 4.10. The first kappa shape index (κ1) is 14.8. The Morgan fingerprint density at radius 2 is 2.22 bits per heavy atom. The molecule has 2 aromatic heterocycles. The molecule has 116 valence electrons. The molecule has 0 aromatic carbocycles.